The maximum absolute atomic E-state index is 13.1. The number of anilines is 1. The molecule has 0 bridgehead atoms. The number of hydrogen-bond donors (Lipinski definition) is 0. The quantitative estimate of drug-likeness (QED) is 0.322. The van der Waals surface area contributed by atoms with Crippen LogP contribution in [0.15, 0.2) is 72.8 Å². The summed E-state index contributed by atoms with van der Waals surface area (Å²) in [6.45, 7) is 2.21. The van der Waals surface area contributed by atoms with Crippen molar-refractivity contribution in [3.05, 3.63) is 101 Å². The van der Waals surface area contributed by atoms with Crippen molar-refractivity contribution in [2.24, 2.45) is 0 Å². The van der Waals surface area contributed by atoms with Gasteiger partial charge in [0.15, 0.2) is 11.6 Å². The van der Waals surface area contributed by atoms with Gasteiger partial charge in [-0.3, -0.25) is 9.59 Å². The molecule has 2 amide bonds. The number of imide groups is 1. The van der Waals surface area contributed by atoms with E-state index >= 15 is 0 Å². The summed E-state index contributed by atoms with van der Waals surface area (Å²) in [5, 5.41) is 0.613. The zero-order valence-corrected chi connectivity index (χ0v) is 18.6. The zero-order chi connectivity index (χ0) is 23.8. The molecule has 1 aliphatic rings. The Labute approximate surface area is 195 Å². The molecule has 0 saturated heterocycles. The normalized spacial score (nSPS) is 12.7. The van der Waals surface area contributed by atoms with E-state index in [2.05, 4.69) is 4.98 Å². The Balaban J connectivity index is 1.61. The Morgan fingerprint density at radius 1 is 0.912 bits per heavy atom. The second-order valence-corrected chi connectivity index (χ2v) is 7.97. The van der Waals surface area contributed by atoms with Gasteiger partial charge in [-0.2, -0.15) is 0 Å². The van der Waals surface area contributed by atoms with Gasteiger partial charge in [0.05, 0.1) is 29.3 Å². The number of rotatable bonds is 5. The van der Waals surface area contributed by atoms with E-state index in [4.69, 9.17) is 9.47 Å². The van der Waals surface area contributed by atoms with Crippen LogP contribution in [0.2, 0.25) is 0 Å². The molecular formula is C27H20N2O5. The molecule has 0 aliphatic carbocycles. The number of aromatic nitrogens is 1. The Hall–Kier alpha value is -4.52. The number of amides is 2. The van der Waals surface area contributed by atoms with Gasteiger partial charge in [0, 0.05) is 5.39 Å². The maximum Gasteiger partial charge on any atom is 0.337 e. The Morgan fingerprint density at radius 3 is 2.24 bits per heavy atom. The summed E-state index contributed by atoms with van der Waals surface area (Å²) in [6, 6.07) is 21.1. The highest BCUT2D eigenvalue weighted by Crippen LogP contribution is 2.36. The number of esters is 1. The molecule has 7 nitrogen and oxygen atoms in total. The lowest BCUT2D eigenvalue weighted by Gasteiger charge is -2.18. The minimum Gasteiger partial charge on any atom is -0.485 e. The standard InChI is InChI=1S/C27H20N2O5/c1-16-7-9-17(10-8-16)15-34-23-14-19-13-18(27(32)33-2)11-12-22(19)28-24(23)29-25(30)20-5-3-4-6-21(20)26(29)31/h3-14H,15H2,1-2H3. The van der Waals surface area contributed by atoms with Crippen LogP contribution in [0.1, 0.15) is 42.2 Å². The highest BCUT2D eigenvalue weighted by atomic mass is 16.5. The molecule has 0 radical (unpaired) electrons. The van der Waals surface area contributed by atoms with E-state index < -0.39 is 17.8 Å². The molecule has 0 unspecified atom stereocenters. The number of carbonyl (C=O) groups is 3. The number of nitrogens with zero attached hydrogens (tertiary/aromatic N) is 2. The van der Waals surface area contributed by atoms with Crippen molar-refractivity contribution in [3.8, 4) is 5.75 Å². The van der Waals surface area contributed by atoms with Crippen LogP contribution in [0.5, 0.6) is 5.75 Å². The van der Waals surface area contributed by atoms with Gasteiger partial charge in [0.25, 0.3) is 11.8 Å². The lowest BCUT2D eigenvalue weighted by molar-refractivity contribution is 0.0600. The van der Waals surface area contributed by atoms with Gasteiger partial charge < -0.3 is 9.47 Å². The van der Waals surface area contributed by atoms with Crippen LogP contribution in [0.25, 0.3) is 10.9 Å². The lowest BCUT2D eigenvalue weighted by Crippen LogP contribution is -2.30. The minimum atomic E-state index is -0.478. The largest absolute Gasteiger partial charge is 0.485 e. The molecule has 168 valence electrons. The molecule has 0 N–H and O–H groups in total. The molecule has 7 heteroatoms. The van der Waals surface area contributed by atoms with Gasteiger partial charge in [-0.25, -0.2) is 14.7 Å². The second-order valence-electron chi connectivity index (χ2n) is 7.97. The van der Waals surface area contributed by atoms with E-state index in [0.717, 1.165) is 16.0 Å². The van der Waals surface area contributed by atoms with Gasteiger partial charge >= 0.3 is 5.97 Å². The van der Waals surface area contributed by atoms with Crippen LogP contribution in [0, 0.1) is 6.92 Å². The van der Waals surface area contributed by atoms with Crippen LogP contribution < -0.4 is 9.64 Å². The Morgan fingerprint density at radius 2 is 1.59 bits per heavy atom. The van der Waals surface area contributed by atoms with Crippen molar-refractivity contribution in [3.63, 3.8) is 0 Å². The number of pyridine rings is 1. The van der Waals surface area contributed by atoms with Gasteiger partial charge in [-0.15, -0.1) is 0 Å². The smallest absolute Gasteiger partial charge is 0.337 e. The van der Waals surface area contributed by atoms with Crippen molar-refractivity contribution in [1.29, 1.82) is 0 Å². The summed E-state index contributed by atoms with van der Waals surface area (Å²) in [5.74, 6) is -1.03. The van der Waals surface area contributed by atoms with E-state index in [1.807, 2.05) is 31.2 Å². The third-order valence-corrected chi connectivity index (χ3v) is 5.70. The third kappa shape index (κ3) is 3.67. The number of carbonyl (C=O) groups excluding carboxylic acids is 3. The van der Waals surface area contributed by atoms with Gasteiger partial charge in [0.2, 0.25) is 0 Å². The average Bonchev–Trinajstić information content (AvgIpc) is 3.12. The molecule has 0 saturated carbocycles. The summed E-state index contributed by atoms with van der Waals surface area (Å²) in [7, 11) is 1.31. The van der Waals surface area contributed by atoms with Crippen molar-refractivity contribution in [2.45, 2.75) is 13.5 Å². The fourth-order valence-corrected chi connectivity index (χ4v) is 3.89. The van der Waals surface area contributed by atoms with E-state index in [0.29, 0.717) is 27.6 Å². The van der Waals surface area contributed by atoms with E-state index in [1.54, 1.807) is 48.5 Å². The molecule has 1 aromatic heterocycles. The van der Waals surface area contributed by atoms with Crippen LogP contribution in [0.4, 0.5) is 5.82 Å². The first-order valence-corrected chi connectivity index (χ1v) is 10.7. The average molecular weight is 452 g/mol. The SMILES string of the molecule is COC(=O)c1ccc2nc(N3C(=O)c4ccccc4C3=O)c(OCc3ccc(C)cc3)cc2c1. The molecule has 2 heterocycles. The lowest BCUT2D eigenvalue weighted by atomic mass is 10.1. The molecule has 34 heavy (non-hydrogen) atoms. The molecule has 5 rings (SSSR count). The maximum atomic E-state index is 13.1. The molecule has 3 aromatic carbocycles. The number of benzene rings is 3. The summed E-state index contributed by atoms with van der Waals surface area (Å²) in [6.07, 6.45) is 0. The van der Waals surface area contributed by atoms with Gasteiger partial charge in [0.1, 0.15) is 6.61 Å². The predicted molar refractivity (Wildman–Crippen MR) is 126 cm³/mol. The van der Waals surface area contributed by atoms with Crippen LogP contribution in [-0.4, -0.2) is 29.9 Å². The number of fused-ring (bicyclic) bond motifs is 2. The monoisotopic (exact) mass is 452 g/mol. The molecule has 0 atom stereocenters. The van der Waals surface area contributed by atoms with Crippen LogP contribution in [0.3, 0.4) is 0 Å². The van der Waals surface area contributed by atoms with E-state index in [9.17, 15) is 14.4 Å². The summed E-state index contributed by atoms with van der Waals surface area (Å²) >= 11 is 0. The Bertz CT molecular complexity index is 1430. The first-order chi connectivity index (χ1) is 16.5. The summed E-state index contributed by atoms with van der Waals surface area (Å²) in [5.41, 5.74) is 3.54. The summed E-state index contributed by atoms with van der Waals surface area (Å²) < 4.78 is 10.9. The molecular weight excluding hydrogens is 432 g/mol. The van der Waals surface area contributed by atoms with E-state index in [-0.39, 0.29) is 18.2 Å². The second kappa shape index (κ2) is 8.44. The Kier molecular flexibility index (Phi) is 5.30. The van der Waals surface area contributed by atoms with Crippen molar-refractivity contribution in [1.82, 2.24) is 4.98 Å². The van der Waals surface area contributed by atoms with Crippen molar-refractivity contribution in [2.75, 3.05) is 12.0 Å². The topological polar surface area (TPSA) is 85.8 Å². The number of aryl methyl sites for hydroxylation is 1. The fourth-order valence-electron chi connectivity index (χ4n) is 3.89. The molecule has 1 aliphatic heterocycles. The summed E-state index contributed by atoms with van der Waals surface area (Å²) in [4.78, 5) is 43.9. The fraction of sp³-hybridized carbons (Fsp3) is 0.111. The van der Waals surface area contributed by atoms with Gasteiger partial charge in [-0.05, 0) is 48.9 Å². The number of ether oxygens (including phenoxy) is 2. The third-order valence-electron chi connectivity index (χ3n) is 5.70. The molecule has 4 aromatic rings. The highest BCUT2D eigenvalue weighted by Gasteiger charge is 2.39. The predicted octanol–water partition coefficient (Wildman–Crippen LogP) is 4.71. The molecule has 0 spiro atoms. The van der Waals surface area contributed by atoms with Crippen LogP contribution >= 0.6 is 0 Å². The van der Waals surface area contributed by atoms with E-state index in [1.165, 1.54) is 7.11 Å². The van der Waals surface area contributed by atoms with Crippen LogP contribution in [-0.2, 0) is 11.3 Å². The number of methoxy groups -OCH3 is 1. The number of hydrogen-bond acceptors (Lipinski definition) is 6. The van der Waals surface area contributed by atoms with Crippen molar-refractivity contribution >= 4 is 34.5 Å². The van der Waals surface area contributed by atoms with Gasteiger partial charge in [-0.1, -0.05) is 42.0 Å². The highest BCUT2D eigenvalue weighted by molar-refractivity contribution is 6.34. The first kappa shape index (κ1) is 21.3. The molecule has 0 fully saturated rings. The minimum absolute atomic E-state index is 0.108. The van der Waals surface area contributed by atoms with Crippen molar-refractivity contribution < 1.29 is 23.9 Å². The first-order valence-electron chi connectivity index (χ1n) is 10.7. The zero-order valence-electron chi connectivity index (χ0n) is 18.6.